The normalized spacial score (nSPS) is 12.2. The Hall–Kier alpha value is -4.48. The second-order valence-corrected chi connectivity index (χ2v) is 9.64. The Morgan fingerprint density at radius 1 is 1.11 bits per heavy atom. The molecule has 0 fully saturated rings. The minimum atomic E-state index is -1.31. The molecule has 3 rings (SSSR count). The van der Waals surface area contributed by atoms with Gasteiger partial charge in [-0.25, -0.2) is 9.78 Å². The summed E-state index contributed by atoms with van der Waals surface area (Å²) in [6.45, 7) is 5.66. The maximum atomic E-state index is 12.9. The molecule has 196 valence electrons. The Balaban J connectivity index is 1.64. The van der Waals surface area contributed by atoms with Crippen molar-refractivity contribution in [3.8, 4) is 0 Å². The molecule has 0 bridgehead atoms. The zero-order chi connectivity index (χ0) is 27.3. The molecule has 0 aliphatic heterocycles. The van der Waals surface area contributed by atoms with Gasteiger partial charge in [0.2, 0.25) is 5.91 Å². The molecular weight excluding hydrogens is 482 g/mol. The van der Waals surface area contributed by atoms with E-state index in [4.69, 9.17) is 5.11 Å². The Morgan fingerprint density at radius 3 is 2.38 bits per heavy atom. The summed E-state index contributed by atoms with van der Waals surface area (Å²) in [6, 6.07) is 6.68. The van der Waals surface area contributed by atoms with Crippen LogP contribution in [-0.4, -0.2) is 54.5 Å². The van der Waals surface area contributed by atoms with Crippen molar-refractivity contribution < 1.29 is 29.4 Å². The van der Waals surface area contributed by atoms with Gasteiger partial charge in [-0.1, -0.05) is 32.9 Å². The zero-order valence-corrected chi connectivity index (χ0v) is 20.7. The van der Waals surface area contributed by atoms with Gasteiger partial charge >= 0.3 is 11.9 Å². The first-order chi connectivity index (χ1) is 17.3. The maximum absolute atomic E-state index is 12.9. The lowest BCUT2D eigenvalue weighted by Crippen LogP contribution is -2.41. The summed E-state index contributed by atoms with van der Waals surface area (Å²) in [7, 11) is 0. The predicted molar refractivity (Wildman–Crippen MR) is 134 cm³/mol. The molecule has 0 unspecified atom stereocenters. The molecular formula is C25H29N5O7. The van der Waals surface area contributed by atoms with Gasteiger partial charge in [0.1, 0.15) is 17.5 Å². The van der Waals surface area contributed by atoms with Crippen molar-refractivity contribution in [1.29, 1.82) is 0 Å². The summed E-state index contributed by atoms with van der Waals surface area (Å²) >= 11 is 0. The summed E-state index contributed by atoms with van der Waals surface area (Å²) in [5.41, 5.74) is 0.553. The molecule has 2 heterocycles. The number of carbonyl (C=O) groups is 4. The van der Waals surface area contributed by atoms with Crippen LogP contribution in [0.1, 0.15) is 49.5 Å². The van der Waals surface area contributed by atoms with Crippen LogP contribution in [0, 0.1) is 5.41 Å². The quantitative estimate of drug-likeness (QED) is 0.274. The third-order valence-corrected chi connectivity index (χ3v) is 5.65. The largest absolute Gasteiger partial charge is 0.481 e. The minimum Gasteiger partial charge on any atom is -0.481 e. The van der Waals surface area contributed by atoms with E-state index in [0.717, 1.165) is 5.56 Å². The zero-order valence-electron chi connectivity index (χ0n) is 20.7. The van der Waals surface area contributed by atoms with Gasteiger partial charge in [-0.15, -0.1) is 0 Å². The number of aromatic amines is 1. The van der Waals surface area contributed by atoms with Crippen LogP contribution in [0.15, 0.2) is 41.5 Å². The fourth-order valence-corrected chi connectivity index (χ4v) is 3.42. The van der Waals surface area contributed by atoms with E-state index in [1.54, 1.807) is 39.0 Å². The van der Waals surface area contributed by atoms with E-state index in [9.17, 15) is 29.1 Å². The summed E-state index contributed by atoms with van der Waals surface area (Å²) < 4.78 is 1.45. The number of nitrogens with zero attached hydrogens (tertiary/aromatic N) is 2. The molecule has 0 aliphatic rings. The first-order valence-electron chi connectivity index (χ1n) is 11.6. The van der Waals surface area contributed by atoms with Crippen LogP contribution in [0.25, 0.3) is 11.0 Å². The monoisotopic (exact) mass is 511 g/mol. The molecule has 0 spiro atoms. The number of anilines is 1. The first-order valence-corrected chi connectivity index (χ1v) is 11.6. The summed E-state index contributed by atoms with van der Waals surface area (Å²) in [5, 5.41) is 23.4. The van der Waals surface area contributed by atoms with Gasteiger partial charge in [-0.05, 0) is 36.6 Å². The van der Waals surface area contributed by atoms with Gasteiger partial charge in [0.25, 0.3) is 11.5 Å². The predicted octanol–water partition coefficient (Wildman–Crippen LogP) is 2.00. The van der Waals surface area contributed by atoms with E-state index < -0.39 is 29.3 Å². The Morgan fingerprint density at radius 2 is 1.78 bits per heavy atom. The Labute approximate surface area is 211 Å². The van der Waals surface area contributed by atoms with Gasteiger partial charge in [-0.3, -0.25) is 23.7 Å². The molecule has 3 aromatic rings. The number of aliphatic carboxylic acids is 2. The molecule has 12 heteroatoms. The number of H-pyrrole nitrogens is 1. The number of carbonyl (C=O) groups excluding carboxylic acids is 2. The lowest BCUT2D eigenvalue weighted by Gasteiger charge is -2.16. The second kappa shape index (κ2) is 11.1. The standard InChI is InChI=1S/C25H29N5O7/c1-25(2,3)24(37)29-18-12-16-20(28-18)26-13-30(22(16)34)11-10-14-4-6-15(7-5-14)21(33)27-17(23(35)36)8-9-19(31)32/h4-7,12-13,17,28H,8-11H2,1-3H3,(H,27,33)(H,29,37)(H,31,32)(H,35,36)/t17-/m0/s1. The van der Waals surface area contributed by atoms with Gasteiger partial charge in [0.15, 0.2) is 0 Å². The second-order valence-electron chi connectivity index (χ2n) is 9.64. The number of carboxylic acids is 2. The minimum absolute atomic E-state index is 0.199. The fraction of sp³-hybridized carbons (Fsp3) is 0.360. The maximum Gasteiger partial charge on any atom is 0.326 e. The molecule has 5 N–H and O–H groups in total. The topological polar surface area (TPSA) is 183 Å². The van der Waals surface area contributed by atoms with E-state index in [0.29, 0.717) is 29.8 Å². The van der Waals surface area contributed by atoms with Crippen LogP contribution in [-0.2, 0) is 27.3 Å². The van der Waals surface area contributed by atoms with Crippen LogP contribution in [0.5, 0.6) is 0 Å². The number of amides is 2. The van der Waals surface area contributed by atoms with E-state index in [1.165, 1.54) is 23.0 Å². The third kappa shape index (κ3) is 7.03. The first kappa shape index (κ1) is 27.1. The van der Waals surface area contributed by atoms with E-state index in [2.05, 4.69) is 20.6 Å². The number of hydrogen-bond acceptors (Lipinski definition) is 6. The lowest BCUT2D eigenvalue weighted by atomic mass is 9.96. The molecule has 0 aliphatic carbocycles. The highest BCUT2D eigenvalue weighted by molar-refractivity contribution is 5.97. The summed E-state index contributed by atoms with van der Waals surface area (Å²) in [4.78, 5) is 66.7. The molecule has 37 heavy (non-hydrogen) atoms. The van der Waals surface area contributed by atoms with Gasteiger partial charge in [0, 0.05) is 23.9 Å². The average molecular weight is 512 g/mol. The smallest absolute Gasteiger partial charge is 0.326 e. The highest BCUT2D eigenvalue weighted by Crippen LogP contribution is 2.19. The van der Waals surface area contributed by atoms with E-state index >= 15 is 0 Å². The number of carboxylic acid groups (broad SMARTS) is 2. The molecule has 0 radical (unpaired) electrons. The molecule has 1 atom stereocenters. The summed E-state index contributed by atoms with van der Waals surface area (Å²) in [6.07, 6.45) is 1.27. The fourth-order valence-electron chi connectivity index (χ4n) is 3.42. The highest BCUT2D eigenvalue weighted by atomic mass is 16.4. The number of aromatic nitrogens is 3. The van der Waals surface area contributed by atoms with E-state index in [-0.39, 0.29) is 29.9 Å². The molecule has 1 aromatic carbocycles. The molecule has 2 aromatic heterocycles. The SMILES string of the molecule is CC(C)(C)C(=O)Nc1cc2c(=O)n(CCc3ccc(C(=O)N[C@@H](CCC(=O)O)C(=O)O)cc3)cnc2[nH]1. The van der Waals surface area contributed by atoms with E-state index in [1.807, 2.05) is 0 Å². The van der Waals surface area contributed by atoms with Crippen molar-refractivity contribution in [3.05, 3.63) is 58.1 Å². The Bertz CT molecular complexity index is 1380. The molecule has 12 nitrogen and oxygen atoms in total. The highest BCUT2D eigenvalue weighted by Gasteiger charge is 2.23. The van der Waals surface area contributed by atoms with Crippen molar-refractivity contribution in [2.24, 2.45) is 5.41 Å². The van der Waals surface area contributed by atoms with Crippen LogP contribution in [0.3, 0.4) is 0 Å². The number of fused-ring (bicyclic) bond motifs is 1. The van der Waals surface area contributed by atoms with Crippen LogP contribution >= 0.6 is 0 Å². The van der Waals surface area contributed by atoms with Gasteiger partial charge in [0.05, 0.1) is 11.7 Å². The number of hydrogen-bond donors (Lipinski definition) is 5. The number of nitrogens with one attached hydrogen (secondary N) is 3. The van der Waals surface area contributed by atoms with Crippen LogP contribution < -0.4 is 16.2 Å². The van der Waals surface area contributed by atoms with Crippen LogP contribution in [0.4, 0.5) is 5.82 Å². The van der Waals surface area contributed by atoms with Crippen molar-refractivity contribution in [3.63, 3.8) is 0 Å². The lowest BCUT2D eigenvalue weighted by molar-refractivity contribution is -0.140. The number of benzene rings is 1. The number of rotatable bonds is 10. The third-order valence-electron chi connectivity index (χ3n) is 5.65. The van der Waals surface area contributed by atoms with Gasteiger partial charge in [-0.2, -0.15) is 0 Å². The average Bonchev–Trinajstić information content (AvgIpc) is 3.24. The van der Waals surface area contributed by atoms with Crippen molar-refractivity contribution >= 4 is 40.6 Å². The Kier molecular flexibility index (Phi) is 8.11. The van der Waals surface area contributed by atoms with Crippen molar-refractivity contribution in [1.82, 2.24) is 19.9 Å². The van der Waals surface area contributed by atoms with Crippen molar-refractivity contribution in [2.75, 3.05) is 5.32 Å². The molecule has 0 saturated heterocycles. The van der Waals surface area contributed by atoms with Gasteiger partial charge < -0.3 is 25.8 Å². The molecule has 2 amide bonds. The summed E-state index contributed by atoms with van der Waals surface area (Å²) in [5.74, 6) is -2.90. The van der Waals surface area contributed by atoms with Crippen molar-refractivity contribution in [2.45, 2.75) is 52.6 Å². The number of aryl methyl sites for hydroxylation is 2. The molecule has 0 saturated carbocycles. The van der Waals surface area contributed by atoms with Crippen LogP contribution in [0.2, 0.25) is 0 Å².